The number of halogens is 3. The van der Waals surface area contributed by atoms with E-state index in [1.807, 2.05) is 0 Å². The molecule has 1 aliphatic rings. The van der Waals surface area contributed by atoms with Crippen LogP contribution in [-0.2, 0) is 10.9 Å². The van der Waals surface area contributed by atoms with Crippen molar-refractivity contribution in [3.8, 4) is 0 Å². The average molecular weight is 301 g/mol. The third-order valence-electron chi connectivity index (χ3n) is 3.65. The van der Waals surface area contributed by atoms with E-state index in [4.69, 9.17) is 4.74 Å². The highest BCUT2D eigenvalue weighted by Gasteiger charge is 2.33. The third-order valence-corrected chi connectivity index (χ3v) is 3.65. The number of hydrogen-bond donors (Lipinski definition) is 1. The number of hydrogen-bond acceptors (Lipinski definition) is 3. The Morgan fingerprint density at radius 2 is 2.00 bits per heavy atom. The highest BCUT2D eigenvalue weighted by molar-refractivity contribution is 5.91. The summed E-state index contributed by atoms with van der Waals surface area (Å²) in [6.07, 6.45) is -2.86. The smallest absolute Gasteiger partial charge is 0.416 e. The van der Waals surface area contributed by atoms with E-state index in [9.17, 15) is 18.0 Å². The molecule has 2 rings (SSSR count). The van der Waals surface area contributed by atoms with Crippen LogP contribution >= 0.6 is 0 Å². The van der Waals surface area contributed by atoms with Crippen molar-refractivity contribution in [3.05, 3.63) is 34.9 Å². The molecule has 0 aliphatic carbocycles. The summed E-state index contributed by atoms with van der Waals surface area (Å²) in [7, 11) is 0. The number of esters is 1. The molecule has 0 saturated carbocycles. The molecule has 3 nitrogen and oxygen atoms in total. The summed E-state index contributed by atoms with van der Waals surface area (Å²) in [6.45, 7) is 3.37. The fraction of sp³-hybridized carbons (Fsp3) is 0.533. The minimum atomic E-state index is -4.46. The molecule has 21 heavy (non-hydrogen) atoms. The van der Waals surface area contributed by atoms with Crippen LogP contribution in [0.1, 0.15) is 47.2 Å². The maximum Gasteiger partial charge on any atom is 0.416 e. The van der Waals surface area contributed by atoms with Crippen molar-refractivity contribution in [1.29, 1.82) is 0 Å². The first-order valence-corrected chi connectivity index (χ1v) is 7.02. The largest absolute Gasteiger partial charge is 0.462 e. The summed E-state index contributed by atoms with van der Waals surface area (Å²) in [5.41, 5.74) is -0.121. The van der Waals surface area contributed by atoms with Crippen LogP contribution in [0.4, 0.5) is 13.2 Å². The maximum absolute atomic E-state index is 12.8. The molecule has 6 heteroatoms. The van der Waals surface area contributed by atoms with Crippen molar-refractivity contribution < 1.29 is 22.7 Å². The van der Waals surface area contributed by atoms with Crippen LogP contribution in [0, 0.1) is 0 Å². The van der Waals surface area contributed by atoms with Gasteiger partial charge in [-0.25, -0.2) is 4.79 Å². The molecule has 0 radical (unpaired) electrons. The van der Waals surface area contributed by atoms with E-state index >= 15 is 0 Å². The van der Waals surface area contributed by atoms with Gasteiger partial charge in [-0.2, -0.15) is 13.2 Å². The van der Waals surface area contributed by atoms with Crippen LogP contribution in [0.15, 0.2) is 18.2 Å². The van der Waals surface area contributed by atoms with E-state index < -0.39 is 17.7 Å². The van der Waals surface area contributed by atoms with Gasteiger partial charge in [0.1, 0.15) is 0 Å². The molecular weight excluding hydrogens is 283 g/mol. The lowest BCUT2D eigenvalue weighted by Crippen LogP contribution is -2.27. The fourth-order valence-corrected chi connectivity index (χ4v) is 2.61. The molecule has 1 aromatic carbocycles. The summed E-state index contributed by atoms with van der Waals surface area (Å²) < 4.78 is 43.4. The predicted molar refractivity (Wildman–Crippen MR) is 72.2 cm³/mol. The van der Waals surface area contributed by atoms with Gasteiger partial charge < -0.3 is 10.1 Å². The molecule has 1 saturated heterocycles. The van der Waals surface area contributed by atoms with Crippen LogP contribution < -0.4 is 5.32 Å². The monoisotopic (exact) mass is 301 g/mol. The molecule has 1 aliphatic heterocycles. The minimum absolute atomic E-state index is 0.0403. The quantitative estimate of drug-likeness (QED) is 0.870. The number of piperidine rings is 1. The van der Waals surface area contributed by atoms with Gasteiger partial charge in [-0.15, -0.1) is 0 Å². The van der Waals surface area contributed by atoms with E-state index in [1.54, 1.807) is 6.92 Å². The van der Waals surface area contributed by atoms with Crippen LogP contribution in [0.3, 0.4) is 0 Å². The number of carbonyl (C=O) groups is 1. The normalized spacial score (nSPS) is 16.8. The molecule has 1 fully saturated rings. The van der Waals surface area contributed by atoms with E-state index in [1.165, 1.54) is 6.07 Å². The zero-order valence-corrected chi connectivity index (χ0v) is 11.8. The molecule has 0 spiro atoms. The Bertz CT molecular complexity index is 508. The Morgan fingerprint density at radius 1 is 1.33 bits per heavy atom. The first-order valence-electron chi connectivity index (χ1n) is 7.02. The van der Waals surface area contributed by atoms with E-state index in [0.29, 0.717) is 5.56 Å². The van der Waals surface area contributed by atoms with Gasteiger partial charge >= 0.3 is 12.1 Å². The number of alkyl halides is 3. The first kappa shape index (κ1) is 15.8. The summed E-state index contributed by atoms with van der Waals surface area (Å²) in [5, 5.41) is 3.20. The van der Waals surface area contributed by atoms with Crippen molar-refractivity contribution in [3.63, 3.8) is 0 Å². The predicted octanol–water partition coefficient (Wildman–Crippen LogP) is 3.35. The molecule has 0 bridgehead atoms. The van der Waals surface area contributed by atoms with E-state index in [2.05, 4.69) is 5.32 Å². The molecular formula is C15H18F3NO2. The van der Waals surface area contributed by atoms with Gasteiger partial charge in [-0.05, 0) is 56.5 Å². The van der Waals surface area contributed by atoms with Crippen LogP contribution in [0.2, 0.25) is 0 Å². The number of ether oxygens (including phenoxy) is 1. The minimum Gasteiger partial charge on any atom is -0.462 e. The Labute approximate surface area is 121 Å². The van der Waals surface area contributed by atoms with Crippen molar-refractivity contribution in [2.24, 2.45) is 0 Å². The Balaban J connectivity index is 2.40. The van der Waals surface area contributed by atoms with Crippen molar-refractivity contribution >= 4 is 5.97 Å². The van der Waals surface area contributed by atoms with Gasteiger partial charge in [0.25, 0.3) is 0 Å². The molecule has 1 heterocycles. The van der Waals surface area contributed by atoms with Crippen molar-refractivity contribution in [2.45, 2.75) is 31.9 Å². The van der Waals surface area contributed by atoms with Gasteiger partial charge in [-0.3, -0.25) is 0 Å². The molecule has 0 atom stereocenters. The van der Waals surface area contributed by atoms with Gasteiger partial charge in [0.2, 0.25) is 0 Å². The highest BCUT2D eigenvalue weighted by atomic mass is 19.4. The lowest BCUT2D eigenvalue weighted by Gasteiger charge is -2.25. The molecule has 0 unspecified atom stereocenters. The average Bonchev–Trinajstić information content (AvgIpc) is 2.47. The second kappa shape index (κ2) is 6.47. The van der Waals surface area contributed by atoms with Gasteiger partial charge in [-0.1, -0.05) is 6.07 Å². The van der Waals surface area contributed by atoms with Crippen LogP contribution in [0.5, 0.6) is 0 Å². The fourth-order valence-electron chi connectivity index (χ4n) is 2.61. The maximum atomic E-state index is 12.8. The van der Waals surface area contributed by atoms with Crippen LogP contribution in [0.25, 0.3) is 0 Å². The molecule has 1 N–H and O–H groups in total. The van der Waals surface area contributed by atoms with E-state index in [-0.39, 0.29) is 18.1 Å². The second-order valence-corrected chi connectivity index (χ2v) is 5.04. The third kappa shape index (κ3) is 3.75. The van der Waals surface area contributed by atoms with E-state index in [0.717, 1.165) is 38.1 Å². The Hall–Kier alpha value is -1.56. The molecule has 0 amide bonds. The molecule has 0 aromatic heterocycles. The lowest BCUT2D eigenvalue weighted by atomic mass is 9.86. The van der Waals surface area contributed by atoms with Crippen molar-refractivity contribution in [1.82, 2.24) is 5.32 Å². The lowest BCUT2D eigenvalue weighted by molar-refractivity contribution is -0.137. The summed E-state index contributed by atoms with van der Waals surface area (Å²) in [6, 6.07) is 3.38. The molecule has 1 aromatic rings. The number of nitrogens with one attached hydrogen (secondary N) is 1. The van der Waals surface area contributed by atoms with Crippen molar-refractivity contribution in [2.75, 3.05) is 19.7 Å². The SMILES string of the molecule is CCOC(=O)c1cc(C(F)(F)F)ccc1C1CCNCC1. The first-order chi connectivity index (χ1) is 9.93. The number of rotatable bonds is 3. The number of carbonyl (C=O) groups excluding carboxylic acids is 1. The topological polar surface area (TPSA) is 38.3 Å². The zero-order valence-electron chi connectivity index (χ0n) is 11.8. The second-order valence-electron chi connectivity index (χ2n) is 5.04. The van der Waals surface area contributed by atoms with Gasteiger partial charge in [0, 0.05) is 0 Å². The Kier molecular flexibility index (Phi) is 4.88. The van der Waals surface area contributed by atoms with Gasteiger partial charge in [0.15, 0.2) is 0 Å². The van der Waals surface area contributed by atoms with Gasteiger partial charge in [0.05, 0.1) is 17.7 Å². The summed E-state index contributed by atoms with van der Waals surface area (Å²) in [5.74, 6) is -0.593. The summed E-state index contributed by atoms with van der Waals surface area (Å²) in [4.78, 5) is 12.0. The zero-order chi connectivity index (χ0) is 15.5. The number of benzene rings is 1. The molecule has 116 valence electrons. The highest BCUT2D eigenvalue weighted by Crippen LogP contribution is 2.34. The van der Waals surface area contributed by atoms with Crippen LogP contribution in [-0.4, -0.2) is 25.7 Å². The standard InChI is InChI=1S/C15H18F3NO2/c1-2-21-14(20)13-9-11(15(16,17)18)3-4-12(13)10-5-7-19-8-6-10/h3-4,9-10,19H,2,5-8H2,1H3. The summed E-state index contributed by atoms with van der Waals surface area (Å²) >= 11 is 0. The Morgan fingerprint density at radius 3 is 2.57 bits per heavy atom.